The van der Waals surface area contributed by atoms with Crippen LogP contribution in [0.4, 0.5) is 20.3 Å². The zero-order chi connectivity index (χ0) is 19.6. The molecule has 1 fully saturated rings. The summed E-state index contributed by atoms with van der Waals surface area (Å²) in [6.07, 6.45) is 2.41. The molecule has 0 amide bonds. The van der Waals surface area contributed by atoms with Gasteiger partial charge in [0.25, 0.3) is 10.0 Å². The number of hydrogen-bond donors (Lipinski definition) is 2. The Morgan fingerprint density at radius 1 is 1.22 bits per heavy atom. The van der Waals surface area contributed by atoms with Crippen LogP contribution in [-0.2, 0) is 14.8 Å². The summed E-state index contributed by atoms with van der Waals surface area (Å²) in [7, 11) is -4.08. The lowest BCUT2D eigenvalue weighted by Gasteiger charge is -2.31. The molecule has 3 rings (SSSR count). The molecule has 0 spiro atoms. The van der Waals surface area contributed by atoms with Crippen LogP contribution < -0.4 is 9.62 Å². The van der Waals surface area contributed by atoms with Crippen LogP contribution in [0, 0.1) is 17.6 Å². The third kappa shape index (κ3) is 4.51. The Bertz CT molecular complexity index is 931. The number of sulfonamides is 1. The van der Waals surface area contributed by atoms with Gasteiger partial charge in [-0.05, 0) is 37.1 Å². The van der Waals surface area contributed by atoms with Gasteiger partial charge in [0.15, 0.2) is 0 Å². The number of halogens is 2. The number of aromatic nitrogens is 1. The molecule has 7 nitrogen and oxygen atoms in total. The number of benzene rings is 1. The highest BCUT2D eigenvalue weighted by Gasteiger charge is 2.26. The van der Waals surface area contributed by atoms with Gasteiger partial charge in [-0.25, -0.2) is 22.2 Å². The standard InChI is InChI=1S/C17H17F2N3O4S/c18-12-6-13(19)8-14(7-12)21-27(25,26)15-3-4-16(20-9-15)22-5-1-2-11(10-22)17(23)24/h3-4,6-9,11,21H,1-2,5,10H2,(H,23,24). The molecule has 1 aromatic heterocycles. The minimum Gasteiger partial charge on any atom is -0.481 e. The number of carboxylic acid groups (broad SMARTS) is 1. The van der Waals surface area contributed by atoms with Crippen molar-refractivity contribution in [2.45, 2.75) is 17.7 Å². The molecule has 144 valence electrons. The number of carboxylic acids is 1. The third-order valence-corrected chi connectivity index (χ3v) is 5.61. The van der Waals surface area contributed by atoms with Crippen LogP contribution in [0.25, 0.3) is 0 Å². The highest BCUT2D eigenvalue weighted by molar-refractivity contribution is 7.92. The predicted octanol–water partition coefficient (Wildman–Crippen LogP) is 2.46. The second kappa shape index (κ2) is 7.47. The molecule has 1 aliphatic rings. The number of hydrogen-bond acceptors (Lipinski definition) is 5. The maximum atomic E-state index is 13.2. The van der Waals surface area contributed by atoms with Crippen LogP contribution in [0.3, 0.4) is 0 Å². The first kappa shape index (κ1) is 19.0. The van der Waals surface area contributed by atoms with Gasteiger partial charge in [-0.3, -0.25) is 9.52 Å². The predicted molar refractivity (Wildman–Crippen MR) is 94.0 cm³/mol. The minimum atomic E-state index is -4.08. The largest absolute Gasteiger partial charge is 0.481 e. The van der Waals surface area contributed by atoms with E-state index in [9.17, 15) is 22.0 Å². The zero-order valence-corrected chi connectivity index (χ0v) is 14.9. The van der Waals surface area contributed by atoms with E-state index >= 15 is 0 Å². The van der Waals surface area contributed by atoms with E-state index in [-0.39, 0.29) is 10.6 Å². The van der Waals surface area contributed by atoms with E-state index < -0.39 is 33.5 Å². The van der Waals surface area contributed by atoms with E-state index in [1.54, 1.807) is 4.90 Å². The second-order valence-corrected chi connectivity index (χ2v) is 7.92. The number of nitrogens with one attached hydrogen (secondary N) is 1. The Hall–Kier alpha value is -2.75. The Labute approximate surface area is 154 Å². The second-order valence-electron chi connectivity index (χ2n) is 6.24. The number of nitrogens with zero attached hydrogens (tertiary/aromatic N) is 2. The molecule has 1 saturated heterocycles. The Kier molecular flexibility index (Phi) is 5.26. The summed E-state index contributed by atoms with van der Waals surface area (Å²) in [6.45, 7) is 0.930. The molecule has 10 heteroatoms. The molecule has 1 atom stereocenters. The minimum absolute atomic E-state index is 0.178. The molecule has 2 aromatic rings. The summed E-state index contributed by atoms with van der Waals surface area (Å²) in [5.74, 6) is -2.70. The van der Waals surface area contributed by atoms with E-state index in [0.717, 1.165) is 18.3 Å². The summed E-state index contributed by atoms with van der Waals surface area (Å²) < 4.78 is 53.3. The summed E-state index contributed by atoms with van der Waals surface area (Å²) in [5, 5.41) is 9.14. The number of carbonyl (C=O) groups is 1. The van der Waals surface area contributed by atoms with Gasteiger partial charge in [-0.15, -0.1) is 0 Å². The fourth-order valence-corrected chi connectivity index (χ4v) is 3.92. The van der Waals surface area contributed by atoms with E-state index in [1.165, 1.54) is 12.1 Å². The normalized spacial score (nSPS) is 17.6. The van der Waals surface area contributed by atoms with Crippen molar-refractivity contribution >= 4 is 27.5 Å². The average Bonchev–Trinajstić information content (AvgIpc) is 2.60. The first-order chi connectivity index (χ1) is 12.7. The Balaban J connectivity index is 1.76. The van der Waals surface area contributed by atoms with Crippen molar-refractivity contribution in [2.24, 2.45) is 5.92 Å². The quantitative estimate of drug-likeness (QED) is 0.804. The molecule has 0 radical (unpaired) electrons. The van der Waals surface area contributed by atoms with Gasteiger partial charge in [-0.2, -0.15) is 0 Å². The zero-order valence-electron chi connectivity index (χ0n) is 14.1. The van der Waals surface area contributed by atoms with Crippen LogP contribution in [0.1, 0.15) is 12.8 Å². The summed E-state index contributed by atoms with van der Waals surface area (Å²) >= 11 is 0. The molecule has 2 N–H and O–H groups in total. The van der Waals surface area contributed by atoms with Crippen LogP contribution in [-0.4, -0.2) is 37.6 Å². The highest BCUT2D eigenvalue weighted by Crippen LogP contribution is 2.24. The summed E-state index contributed by atoms with van der Waals surface area (Å²) in [6, 6.07) is 5.15. The summed E-state index contributed by atoms with van der Waals surface area (Å²) in [5.41, 5.74) is -0.239. The van der Waals surface area contributed by atoms with Crippen LogP contribution in [0.5, 0.6) is 0 Å². The van der Waals surface area contributed by atoms with Gasteiger partial charge in [-0.1, -0.05) is 0 Å². The van der Waals surface area contributed by atoms with Crippen molar-refractivity contribution in [2.75, 3.05) is 22.7 Å². The van der Waals surface area contributed by atoms with Crippen molar-refractivity contribution in [3.8, 4) is 0 Å². The molecule has 0 aliphatic carbocycles. The van der Waals surface area contributed by atoms with Gasteiger partial charge in [0, 0.05) is 25.4 Å². The lowest BCUT2D eigenvalue weighted by Crippen LogP contribution is -2.39. The van der Waals surface area contributed by atoms with Gasteiger partial charge in [0.2, 0.25) is 0 Å². The molecule has 27 heavy (non-hydrogen) atoms. The lowest BCUT2D eigenvalue weighted by molar-refractivity contribution is -0.141. The lowest BCUT2D eigenvalue weighted by atomic mass is 9.98. The van der Waals surface area contributed by atoms with Crippen molar-refractivity contribution < 1.29 is 27.1 Å². The van der Waals surface area contributed by atoms with Crippen LogP contribution >= 0.6 is 0 Å². The fraction of sp³-hybridized carbons (Fsp3) is 0.294. The van der Waals surface area contributed by atoms with E-state index in [1.807, 2.05) is 0 Å². The molecular weight excluding hydrogens is 380 g/mol. The van der Waals surface area contributed by atoms with Gasteiger partial charge < -0.3 is 10.0 Å². The molecule has 1 aliphatic heterocycles. The Morgan fingerprint density at radius 3 is 2.52 bits per heavy atom. The van der Waals surface area contributed by atoms with Crippen molar-refractivity contribution in [3.63, 3.8) is 0 Å². The topological polar surface area (TPSA) is 99.6 Å². The van der Waals surface area contributed by atoms with Crippen LogP contribution in [0.15, 0.2) is 41.4 Å². The molecule has 1 aromatic carbocycles. The van der Waals surface area contributed by atoms with Crippen molar-refractivity contribution in [1.82, 2.24) is 4.98 Å². The van der Waals surface area contributed by atoms with E-state index in [0.29, 0.717) is 37.8 Å². The van der Waals surface area contributed by atoms with Gasteiger partial charge in [0.1, 0.15) is 22.3 Å². The Morgan fingerprint density at radius 2 is 1.93 bits per heavy atom. The van der Waals surface area contributed by atoms with Gasteiger partial charge in [0.05, 0.1) is 11.6 Å². The maximum absolute atomic E-state index is 13.2. The highest BCUT2D eigenvalue weighted by atomic mass is 32.2. The summed E-state index contributed by atoms with van der Waals surface area (Å²) in [4.78, 5) is 16.9. The smallest absolute Gasteiger partial charge is 0.308 e. The molecule has 2 heterocycles. The van der Waals surface area contributed by atoms with E-state index in [2.05, 4.69) is 9.71 Å². The molecule has 0 saturated carbocycles. The first-order valence-electron chi connectivity index (χ1n) is 8.17. The molecule has 0 bridgehead atoms. The van der Waals surface area contributed by atoms with Crippen molar-refractivity contribution in [3.05, 3.63) is 48.2 Å². The number of anilines is 2. The third-order valence-electron chi connectivity index (χ3n) is 4.24. The monoisotopic (exact) mass is 397 g/mol. The SMILES string of the molecule is O=C(O)C1CCCN(c2ccc(S(=O)(=O)Nc3cc(F)cc(F)c3)cn2)C1. The number of pyridine rings is 1. The average molecular weight is 397 g/mol. The molecule has 1 unspecified atom stereocenters. The maximum Gasteiger partial charge on any atom is 0.308 e. The number of aliphatic carboxylic acids is 1. The van der Waals surface area contributed by atoms with E-state index in [4.69, 9.17) is 5.11 Å². The number of rotatable bonds is 5. The fourth-order valence-electron chi connectivity index (χ4n) is 2.93. The number of piperidine rings is 1. The van der Waals surface area contributed by atoms with Crippen LogP contribution in [0.2, 0.25) is 0 Å². The van der Waals surface area contributed by atoms with Gasteiger partial charge >= 0.3 is 5.97 Å². The molecular formula is C17H17F2N3O4S. The van der Waals surface area contributed by atoms with Crippen molar-refractivity contribution in [1.29, 1.82) is 0 Å². The first-order valence-corrected chi connectivity index (χ1v) is 9.65.